The SMILES string of the molecule is COc1ccc(Br)cc1CNC(=O)Cn1cnc2nc3c(cc2c1=O)C[C@@H](C)CC3. The maximum Gasteiger partial charge on any atom is 0.263 e. The summed E-state index contributed by atoms with van der Waals surface area (Å²) in [5.41, 5.74) is 3.19. The highest BCUT2D eigenvalue weighted by Gasteiger charge is 2.19. The van der Waals surface area contributed by atoms with Crippen molar-refractivity contribution in [1.29, 1.82) is 0 Å². The first-order chi connectivity index (χ1) is 14.4. The number of nitrogens with one attached hydrogen (secondary N) is 1. The number of carbonyl (C=O) groups excluding carboxylic acids is 1. The number of carbonyl (C=O) groups is 1. The second-order valence-electron chi connectivity index (χ2n) is 7.72. The largest absolute Gasteiger partial charge is 0.496 e. The normalized spacial score (nSPS) is 15.6. The number of hydrogen-bond donors (Lipinski definition) is 1. The van der Waals surface area contributed by atoms with Crippen LogP contribution in [0.25, 0.3) is 11.0 Å². The topological polar surface area (TPSA) is 86.1 Å². The van der Waals surface area contributed by atoms with Crippen molar-refractivity contribution >= 4 is 32.9 Å². The van der Waals surface area contributed by atoms with Crippen molar-refractivity contribution in [3.8, 4) is 5.75 Å². The van der Waals surface area contributed by atoms with Gasteiger partial charge in [0.05, 0.1) is 12.5 Å². The molecule has 1 atom stereocenters. The second-order valence-corrected chi connectivity index (χ2v) is 8.64. The van der Waals surface area contributed by atoms with Crippen molar-refractivity contribution in [2.75, 3.05) is 7.11 Å². The predicted octanol–water partition coefficient (Wildman–Crippen LogP) is 3.00. The molecule has 2 aromatic heterocycles. The van der Waals surface area contributed by atoms with Crippen LogP contribution in [0.1, 0.15) is 30.2 Å². The maximum absolute atomic E-state index is 12.9. The number of pyridine rings is 1. The zero-order valence-electron chi connectivity index (χ0n) is 16.9. The highest BCUT2D eigenvalue weighted by molar-refractivity contribution is 9.10. The van der Waals surface area contributed by atoms with E-state index in [1.807, 2.05) is 24.3 Å². The van der Waals surface area contributed by atoms with Gasteiger partial charge in [-0.1, -0.05) is 22.9 Å². The third-order valence-electron chi connectivity index (χ3n) is 5.46. The number of amides is 1. The van der Waals surface area contributed by atoms with Crippen LogP contribution in [0.4, 0.5) is 0 Å². The van der Waals surface area contributed by atoms with E-state index in [0.717, 1.165) is 40.6 Å². The summed E-state index contributed by atoms with van der Waals surface area (Å²) in [4.78, 5) is 34.3. The maximum atomic E-state index is 12.9. The summed E-state index contributed by atoms with van der Waals surface area (Å²) in [6.45, 7) is 2.40. The van der Waals surface area contributed by atoms with Crippen LogP contribution in [0.2, 0.25) is 0 Å². The molecule has 156 valence electrons. The third kappa shape index (κ3) is 4.23. The van der Waals surface area contributed by atoms with Crippen molar-refractivity contribution in [1.82, 2.24) is 19.9 Å². The smallest absolute Gasteiger partial charge is 0.263 e. The summed E-state index contributed by atoms with van der Waals surface area (Å²) in [6, 6.07) is 7.50. The molecule has 7 nitrogen and oxygen atoms in total. The van der Waals surface area contributed by atoms with Crippen molar-refractivity contribution in [3.05, 3.63) is 62.2 Å². The van der Waals surface area contributed by atoms with E-state index in [-0.39, 0.29) is 18.0 Å². The van der Waals surface area contributed by atoms with E-state index in [1.54, 1.807) is 7.11 Å². The van der Waals surface area contributed by atoms with Gasteiger partial charge in [0.25, 0.3) is 5.56 Å². The molecule has 0 aliphatic heterocycles. The first-order valence-electron chi connectivity index (χ1n) is 9.91. The van der Waals surface area contributed by atoms with Crippen LogP contribution < -0.4 is 15.6 Å². The number of benzene rings is 1. The lowest BCUT2D eigenvalue weighted by Crippen LogP contribution is -2.32. The molecule has 30 heavy (non-hydrogen) atoms. The Morgan fingerprint density at radius 1 is 1.37 bits per heavy atom. The summed E-state index contributed by atoms with van der Waals surface area (Å²) in [5, 5.41) is 3.30. The monoisotopic (exact) mass is 470 g/mol. The van der Waals surface area contributed by atoms with Gasteiger partial charge < -0.3 is 10.1 Å². The van der Waals surface area contributed by atoms with Gasteiger partial charge in [0, 0.05) is 22.3 Å². The van der Waals surface area contributed by atoms with Crippen LogP contribution in [0.5, 0.6) is 5.75 Å². The Morgan fingerprint density at radius 2 is 2.20 bits per heavy atom. The molecule has 0 unspecified atom stereocenters. The van der Waals surface area contributed by atoms with E-state index >= 15 is 0 Å². The molecule has 1 aliphatic carbocycles. The Balaban J connectivity index is 1.52. The quantitative estimate of drug-likeness (QED) is 0.619. The summed E-state index contributed by atoms with van der Waals surface area (Å²) in [5.74, 6) is 0.990. The minimum Gasteiger partial charge on any atom is -0.496 e. The first kappa shape index (κ1) is 20.5. The zero-order chi connectivity index (χ0) is 21.3. The van der Waals surface area contributed by atoms with E-state index in [4.69, 9.17) is 4.74 Å². The lowest BCUT2D eigenvalue weighted by atomic mass is 9.87. The van der Waals surface area contributed by atoms with Gasteiger partial charge in [-0.15, -0.1) is 0 Å². The average molecular weight is 471 g/mol. The molecule has 0 spiro atoms. The van der Waals surface area contributed by atoms with E-state index in [9.17, 15) is 9.59 Å². The number of rotatable bonds is 5. The van der Waals surface area contributed by atoms with Crippen LogP contribution in [-0.4, -0.2) is 27.6 Å². The molecule has 0 radical (unpaired) electrons. The van der Waals surface area contributed by atoms with E-state index in [1.165, 1.54) is 10.9 Å². The van der Waals surface area contributed by atoms with Crippen LogP contribution in [0.15, 0.2) is 39.9 Å². The van der Waals surface area contributed by atoms with Gasteiger partial charge in [0.2, 0.25) is 5.91 Å². The highest BCUT2D eigenvalue weighted by Crippen LogP contribution is 2.25. The van der Waals surface area contributed by atoms with Gasteiger partial charge in [-0.05, 0) is 55.0 Å². The van der Waals surface area contributed by atoms with E-state index in [2.05, 4.69) is 38.1 Å². The molecule has 0 saturated heterocycles. The van der Waals surface area contributed by atoms with E-state index in [0.29, 0.717) is 29.2 Å². The number of nitrogens with zero attached hydrogens (tertiary/aromatic N) is 3. The first-order valence-corrected chi connectivity index (χ1v) is 10.7. The van der Waals surface area contributed by atoms with Gasteiger partial charge in [0.15, 0.2) is 5.65 Å². The predicted molar refractivity (Wildman–Crippen MR) is 118 cm³/mol. The summed E-state index contributed by atoms with van der Waals surface area (Å²) in [6.07, 6.45) is 4.33. The summed E-state index contributed by atoms with van der Waals surface area (Å²) < 4.78 is 7.55. The Hall–Kier alpha value is -2.74. The molecule has 4 rings (SSSR count). The Labute approximate surface area is 182 Å². The molecule has 8 heteroatoms. The second kappa shape index (κ2) is 8.55. The number of halogens is 1. The highest BCUT2D eigenvalue weighted by atomic mass is 79.9. The summed E-state index contributed by atoms with van der Waals surface area (Å²) in [7, 11) is 1.59. The zero-order valence-corrected chi connectivity index (χ0v) is 18.5. The molecule has 3 aromatic rings. The fourth-order valence-electron chi connectivity index (χ4n) is 3.83. The van der Waals surface area contributed by atoms with Gasteiger partial charge in [0.1, 0.15) is 18.6 Å². The molecule has 2 heterocycles. The number of hydrogen-bond acceptors (Lipinski definition) is 5. The third-order valence-corrected chi connectivity index (χ3v) is 5.95. The molecule has 0 bridgehead atoms. The van der Waals surface area contributed by atoms with E-state index < -0.39 is 0 Å². The Bertz CT molecular complexity index is 1170. The molecule has 1 amide bonds. The lowest BCUT2D eigenvalue weighted by molar-refractivity contribution is -0.121. The number of fused-ring (bicyclic) bond motifs is 2. The lowest BCUT2D eigenvalue weighted by Gasteiger charge is -2.20. The Kier molecular flexibility index (Phi) is 5.85. The number of ether oxygens (including phenoxy) is 1. The average Bonchev–Trinajstić information content (AvgIpc) is 2.73. The summed E-state index contributed by atoms with van der Waals surface area (Å²) >= 11 is 3.42. The standard InChI is InChI=1S/C22H23BrN4O3/c1-13-3-5-18-14(7-13)9-17-21(26-18)25-12-27(22(17)29)11-20(28)24-10-15-8-16(23)4-6-19(15)30-2/h4,6,8-9,12-13H,3,5,7,10-11H2,1-2H3,(H,24,28)/t13-/m0/s1. The van der Waals surface area contributed by atoms with Crippen LogP contribution in [0.3, 0.4) is 0 Å². The molecule has 1 aliphatic rings. The number of aryl methyl sites for hydroxylation is 1. The van der Waals surface area contributed by atoms with Gasteiger partial charge >= 0.3 is 0 Å². The van der Waals surface area contributed by atoms with Crippen LogP contribution in [0, 0.1) is 5.92 Å². The van der Waals surface area contributed by atoms with Crippen molar-refractivity contribution < 1.29 is 9.53 Å². The molecule has 1 N–H and O–H groups in total. The fourth-order valence-corrected chi connectivity index (χ4v) is 4.23. The molecular formula is C22H23BrN4O3. The molecular weight excluding hydrogens is 448 g/mol. The minimum atomic E-state index is -0.278. The Morgan fingerprint density at radius 3 is 3.00 bits per heavy atom. The molecule has 0 fully saturated rings. The van der Waals surface area contributed by atoms with Crippen molar-refractivity contribution in [2.45, 2.75) is 39.3 Å². The van der Waals surface area contributed by atoms with Crippen molar-refractivity contribution in [3.63, 3.8) is 0 Å². The van der Waals surface area contributed by atoms with Crippen LogP contribution in [-0.2, 0) is 30.7 Å². The number of aromatic nitrogens is 3. The van der Waals surface area contributed by atoms with Crippen molar-refractivity contribution in [2.24, 2.45) is 5.92 Å². The van der Waals surface area contributed by atoms with Gasteiger partial charge in [-0.3, -0.25) is 14.2 Å². The number of methoxy groups -OCH3 is 1. The minimum absolute atomic E-state index is 0.106. The fraction of sp³-hybridized carbons (Fsp3) is 0.364. The molecule has 1 aromatic carbocycles. The van der Waals surface area contributed by atoms with Gasteiger partial charge in [-0.25, -0.2) is 9.97 Å². The van der Waals surface area contributed by atoms with Gasteiger partial charge in [-0.2, -0.15) is 0 Å². The molecule has 0 saturated carbocycles. The van der Waals surface area contributed by atoms with Crippen LogP contribution >= 0.6 is 15.9 Å².